The fraction of sp³-hybridized carbons (Fsp3) is 0.214. The van der Waals surface area contributed by atoms with Gasteiger partial charge in [0.1, 0.15) is 5.82 Å². The van der Waals surface area contributed by atoms with E-state index in [-0.39, 0.29) is 30.4 Å². The molecule has 0 radical (unpaired) electrons. The van der Waals surface area contributed by atoms with Gasteiger partial charge in [0, 0.05) is 12.7 Å². The molecule has 0 bridgehead atoms. The van der Waals surface area contributed by atoms with Gasteiger partial charge in [-0.2, -0.15) is 0 Å². The zero-order valence-electron chi connectivity index (χ0n) is 11.2. The van der Waals surface area contributed by atoms with Crippen LogP contribution in [-0.2, 0) is 23.1 Å². The van der Waals surface area contributed by atoms with E-state index in [1.54, 1.807) is 18.2 Å². The summed E-state index contributed by atoms with van der Waals surface area (Å²) in [7, 11) is -3.73. The van der Waals surface area contributed by atoms with Crippen LogP contribution < -0.4 is 4.72 Å². The minimum Gasteiger partial charge on any atom is -0.392 e. The van der Waals surface area contributed by atoms with Gasteiger partial charge in [0.25, 0.3) is 10.0 Å². The van der Waals surface area contributed by atoms with Gasteiger partial charge >= 0.3 is 0 Å². The molecule has 21 heavy (non-hydrogen) atoms. The number of pyridine rings is 1. The van der Waals surface area contributed by atoms with Crippen molar-refractivity contribution in [2.45, 2.75) is 18.1 Å². The highest BCUT2D eigenvalue weighted by Crippen LogP contribution is 2.09. The first-order valence-corrected chi connectivity index (χ1v) is 7.80. The molecule has 0 saturated heterocycles. The number of sulfonamides is 1. The number of hydrogen-bond donors (Lipinski definition) is 2. The minimum atomic E-state index is -3.73. The van der Waals surface area contributed by atoms with Crippen molar-refractivity contribution in [1.29, 1.82) is 0 Å². The Balaban J connectivity index is 1.99. The van der Waals surface area contributed by atoms with Crippen molar-refractivity contribution >= 4 is 10.0 Å². The van der Waals surface area contributed by atoms with Crippen molar-refractivity contribution < 1.29 is 17.9 Å². The van der Waals surface area contributed by atoms with Crippen LogP contribution in [0.5, 0.6) is 0 Å². The Morgan fingerprint density at radius 2 is 1.95 bits per heavy atom. The topological polar surface area (TPSA) is 79.3 Å². The highest BCUT2D eigenvalue weighted by molar-refractivity contribution is 7.89. The summed E-state index contributed by atoms with van der Waals surface area (Å²) in [6, 6.07) is 9.02. The normalized spacial score (nSPS) is 11.5. The first-order valence-electron chi connectivity index (χ1n) is 6.32. The Labute approximate surface area is 122 Å². The van der Waals surface area contributed by atoms with Crippen LogP contribution in [0.3, 0.4) is 0 Å². The predicted octanol–water partition coefficient (Wildman–Crippen LogP) is 1.23. The van der Waals surface area contributed by atoms with Crippen LogP contribution in [0.15, 0.2) is 47.6 Å². The van der Waals surface area contributed by atoms with Crippen molar-refractivity contribution in [3.8, 4) is 0 Å². The Bertz CT molecular complexity index is 702. The molecule has 0 fully saturated rings. The maximum absolute atomic E-state index is 13.4. The van der Waals surface area contributed by atoms with Crippen LogP contribution >= 0.6 is 0 Å². The van der Waals surface area contributed by atoms with E-state index in [9.17, 15) is 12.8 Å². The van der Waals surface area contributed by atoms with E-state index in [2.05, 4.69) is 9.71 Å². The van der Waals surface area contributed by atoms with Gasteiger partial charge in [-0.3, -0.25) is 0 Å². The zero-order chi connectivity index (χ0) is 15.3. The van der Waals surface area contributed by atoms with Crippen LogP contribution in [0.4, 0.5) is 4.39 Å². The predicted molar refractivity (Wildman–Crippen MR) is 75.5 cm³/mol. The maximum Gasteiger partial charge on any atom is 0.258 e. The lowest BCUT2D eigenvalue weighted by atomic mass is 10.1. The molecular formula is C14H15FN2O3S. The number of benzene rings is 1. The molecular weight excluding hydrogens is 295 g/mol. The molecule has 7 heteroatoms. The molecule has 2 aromatic rings. The van der Waals surface area contributed by atoms with Gasteiger partial charge in [-0.15, -0.1) is 0 Å². The molecule has 0 aliphatic heterocycles. The van der Waals surface area contributed by atoms with Gasteiger partial charge in [-0.1, -0.05) is 24.3 Å². The summed E-state index contributed by atoms with van der Waals surface area (Å²) in [5.74, 6) is -0.359. The summed E-state index contributed by atoms with van der Waals surface area (Å²) in [4.78, 5) is 3.78. The number of hydrogen-bond acceptors (Lipinski definition) is 4. The zero-order valence-corrected chi connectivity index (χ0v) is 12.0. The Morgan fingerprint density at radius 1 is 1.19 bits per heavy atom. The monoisotopic (exact) mass is 310 g/mol. The van der Waals surface area contributed by atoms with Gasteiger partial charge in [-0.25, -0.2) is 22.5 Å². The lowest BCUT2D eigenvalue weighted by Crippen LogP contribution is -2.27. The van der Waals surface area contributed by atoms with Gasteiger partial charge < -0.3 is 5.11 Å². The third kappa shape index (κ3) is 4.07. The summed E-state index contributed by atoms with van der Waals surface area (Å²) in [6.07, 6.45) is 1.55. The number of aliphatic hydroxyl groups excluding tert-OH is 1. The summed E-state index contributed by atoms with van der Waals surface area (Å²) < 4.78 is 39.7. The quantitative estimate of drug-likeness (QED) is 0.841. The van der Waals surface area contributed by atoms with Crippen LogP contribution in [0.25, 0.3) is 0 Å². The third-order valence-corrected chi connectivity index (χ3v) is 4.28. The van der Waals surface area contributed by atoms with Gasteiger partial charge in [-0.05, 0) is 29.7 Å². The number of aromatic nitrogens is 1. The van der Waals surface area contributed by atoms with Crippen molar-refractivity contribution in [2.24, 2.45) is 0 Å². The second-order valence-electron chi connectivity index (χ2n) is 4.40. The summed E-state index contributed by atoms with van der Waals surface area (Å²) in [6.45, 7) is -0.124. The molecule has 0 atom stereocenters. The molecule has 1 aromatic heterocycles. The number of aliphatic hydroxyl groups is 1. The van der Waals surface area contributed by atoms with Crippen LogP contribution in [-0.4, -0.2) is 25.1 Å². The molecule has 112 valence electrons. The number of rotatable bonds is 6. The standard InChI is InChI=1S/C14H15FN2O3S/c15-13-4-2-1-3-12(13)7-8-17-21(19,20)14-6-5-11(10-18)9-16-14/h1-6,9,17-18H,7-8,10H2. The largest absolute Gasteiger partial charge is 0.392 e. The second-order valence-corrected chi connectivity index (χ2v) is 6.12. The Kier molecular flexibility index (Phi) is 5.00. The molecule has 1 aromatic carbocycles. The van der Waals surface area contributed by atoms with Crippen LogP contribution in [0, 0.1) is 5.82 Å². The lowest BCUT2D eigenvalue weighted by Gasteiger charge is -2.07. The highest BCUT2D eigenvalue weighted by atomic mass is 32.2. The van der Waals surface area contributed by atoms with E-state index in [1.165, 1.54) is 24.4 Å². The van der Waals surface area contributed by atoms with Crippen molar-refractivity contribution in [1.82, 2.24) is 9.71 Å². The number of halogens is 1. The summed E-state index contributed by atoms with van der Waals surface area (Å²) >= 11 is 0. The fourth-order valence-corrected chi connectivity index (χ4v) is 2.72. The van der Waals surface area contributed by atoms with Crippen molar-refractivity contribution in [2.75, 3.05) is 6.54 Å². The van der Waals surface area contributed by atoms with E-state index in [4.69, 9.17) is 5.11 Å². The van der Waals surface area contributed by atoms with E-state index < -0.39 is 10.0 Å². The first kappa shape index (κ1) is 15.6. The smallest absolute Gasteiger partial charge is 0.258 e. The van der Waals surface area contributed by atoms with Gasteiger partial charge in [0.2, 0.25) is 0 Å². The highest BCUT2D eigenvalue weighted by Gasteiger charge is 2.15. The molecule has 0 unspecified atom stereocenters. The molecule has 1 heterocycles. The van der Waals surface area contributed by atoms with Crippen molar-refractivity contribution in [3.63, 3.8) is 0 Å². The second kappa shape index (κ2) is 6.75. The molecule has 0 aliphatic rings. The van der Waals surface area contributed by atoms with Gasteiger partial charge in [0.05, 0.1) is 6.61 Å². The molecule has 2 N–H and O–H groups in total. The SMILES string of the molecule is O=S(=O)(NCCc1ccccc1F)c1ccc(CO)cn1. The Morgan fingerprint density at radius 3 is 2.57 bits per heavy atom. The number of nitrogens with zero attached hydrogens (tertiary/aromatic N) is 1. The number of nitrogens with one attached hydrogen (secondary N) is 1. The molecule has 0 saturated carbocycles. The minimum absolute atomic E-state index is 0.0761. The fourth-order valence-electron chi connectivity index (χ4n) is 1.76. The summed E-state index contributed by atoms with van der Waals surface area (Å²) in [5.41, 5.74) is 0.976. The van der Waals surface area contributed by atoms with E-state index in [0.29, 0.717) is 11.1 Å². The lowest BCUT2D eigenvalue weighted by molar-refractivity contribution is 0.281. The average molecular weight is 310 g/mol. The van der Waals surface area contributed by atoms with E-state index in [1.807, 2.05) is 0 Å². The molecule has 0 aliphatic carbocycles. The molecule has 0 spiro atoms. The molecule has 2 rings (SSSR count). The Hall–Kier alpha value is -1.83. The van der Waals surface area contributed by atoms with Crippen LogP contribution in [0.2, 0.25) is 0 Å². The summed E-state index contributed by atoms with van der Waals surface area (Å²) in [5, 5.41) is 8.75. The maximum atomic E-state index is 13.4. The van der Waals surface area contributed by atoms with Gasteiger partial charge in [0.15, 0.2) is 5.03 Å². The van der Waals surface area contributed by atoms with Crippen molar-refractivity contribution in [3.05, 3.63) is 59.5 Å². The van der Waals surface area contributed by atoms with Crippen LogP contribution in [0.1, 0.15) is 11.1 Å². The first-order chi connectivity index (χ1) is 10.0. The van der Waals surface area contributed by atoms with E-state index >= 15 is 0 Å². The molecule has 5 nitrogen and oxygen atoms in total. The third-order valence-electron chi connectivity index (χ3n) is 2.90. The molecule has 0 amide bonds. The van der Waals surface area contributed by atoms with E-state index in [0.717, 1.165) is 0 Å². The average Bonchev–Trinajstić information content (AvgIpc) is 2.49.